The van der Waals surface area contributed by atoms with Gasteiger partial charge in [-0.05, 0) is 44.2 Å². The summed E-state index contributed by atoms with van der Waals surface area (Å²) in [5.41, 5.74) is 1.62. The summed E-state index contributed by atoms with van der Waals surface area (Å²) < 4.78 is 11.1. The van der Waals surface area contributed by atoms with Gasteiger partial charge < -0.3 is 24.6 Å². The van der Waals surface area contributed by atoms with Crippen LogP contribution in [0.2, 0.25) is 0 Å². The molecular weight excluding hydrogens is 479 g/mol. The molecule has 2 unspecified atom stereocenters. The van der Waals surface area contributed by atoms with Gasteiger partial charge in [0.05, 0.1) is 13.7 Å². The molecular formula is C22H35IN4O2. The maximum Gasteiger partial charge on any atom is 0.193 e. The van der Waals surface area contributed by atoms with Gasteiger partial charge >= 0.3 is 0 Å². The minimum atomic E-state index is 0. The van der Waals surface area contributed by atoms with E-state index < -0.39 is 0 Å². The van der Waals surface area contributed by atoms with Gasteiger partial charge in [-0.1, -0.05) is 6.07 Å². The van der Waals surface area contributed by atoms with Crippen LogP contribution in [0.5, 0.6) is 5.75 Å². The summed E-state index contributed by atoms with van der Waals surface area (Å²) in [5, 5.41) is 3.52. The number of nitrogens with one attached hydrogen (secondary N) is 1. The fourth-order valence-corrected chi connectivity index (χ4v) is 4.75. The van der Waals surface area contributed by atoms with Crippen molar-refractivity contribution in [3.63, 3.8) is 0 Å². The van der Waals surface area contributed by atoms with Gasteiger partial charge in [0.1, 0.15) is 5.75 Å². The van der Waals surface area contributed by atoms with Gasteiger partial charge in [0.25, 0.3) is 0 Å². The molecule has 0 saturated carbocycles. The van der Waals surface area contributed by atoms with Crippen LogP contribution in [-0.2, 0) is 4.74 Å². The van der Waals surface area contributed by atoms with Crippen LogP contribution in [0, 0.1) is 11.3 Å². The number of ether oxygens (including phenoxy) is 2. The van der Waals surface area contributed by atoms with E-state index in [0.29, 0.717) is 11.3 Å². The van der Waals surface area contributed by atoms with E-state index >= 15 is 0 Å². The molecule has 7 heteroatoms. The minimum absolute atomic E-state index is 0. The number of halogens is 1. The van der Waals surface area contributed by atoms with Crippen LogP contribution in [-0.4, -0.2) is 70.5 Å². The molecule has 3 aliphatic heterocycles. The topological polar surface area (TPSA) is 49.3 Å². The third-order valence-corrected chi connectivity index (χ3v) is 6.46. The summed E-state index contributed by atoms with van der Waals surface area (Å²) in [6.45, 7) is 10.1. The van der Waals surface area contributed by atoms with Crippen molar-refractivity contribution in [3.8, 4) is 5.75 Å². The number of benzene rings is 1. The number of hydrogen-bond acceptors (Lipinski definition) is 4. The number of methoxy groups -OCH3 is 1. The third kappa shape index (κ3) is 5.29. The maximum absolute atomic E-state index is 5.68. The van der Waals surface area contributed by atoms with Crippen LogP contribution in [0.1, 0.15) is 26.2 Å². The van der Waals surface area contributed by atoms with Crippen LogP contribution >= 0.6 is 24.0 Å². The molecule has 3 heterocycles. The summed E-state index contributed by atoms with van der Waals surface area (Å²) in [7, 11) is 1.73. The third-order valence-electron chi connectivity index (χ3n) is 6.46. The van der Waals surface area contributed by atoms with E-state index in [1.54, 1.807) is 7.11 Å². The van der Waals surface area contributed by atoms with Gasteiger partial charge in [0.15, 0.2) is 5.96 Å². The summed E-state index contributed by atoms with van der Waals surface area (Å²) >= 11 is 0. The number of aliphatic imine (C=N–C) groups is 1. The molecule has 3 saturated heterocycles. The van der Waals surface area contributed by atoms with Crippen LogP contribution in [0.25, 0.3) is 0 Å². The Morgan fingerprint density at radius 2 is 2.24 bits per heavy atom. The molecule has 4 rings (SSSR count). The van der Waals surface area contributed by atoms with E-state index in [4.69, 9.17) is 14.5 Å². The van der Waals surface area contributed by atoms with E-state index in [9.17, 15) is 0 Å². The highest BCUT2D eigenvalue weighted by atomic mass is 127. The van der Waals surface area contributed by atoms with Gasteiger partial charge in [-0.2, -0.15) is 0 Å². The van der Waals surface area contributed by atoms with Crippen molar-refractivity contribution in [3.05, 3.63) is 24.3 Å². The lowest BCUT2D eigenvalue weighted by atomic mass is 9.87. The van der Waals surface area contributed by atoms with Crippen LogP contribution in [0.15, 0.2) is 29.3 Å². The molecule has 0 radical (unpaired) electrons. The zero-order valence-electron chi connectivity index (χ0n) is 17.7. The first-order valence-electron chi connectivity index (χ1n) is 10.7. The van der Waals surface area contributed by atoms with Crippen LogP contribution < -0.4 is 15.0 Å². The van der Waals surface area contributed by atoms with Gasteiger partial charge in [0.2, 0.25) is 0 Å². The molecule has 0 bridgehead atoms. The highest BCUT2D eigenvalue weighted by molar-refractivity contribution is 14.0. The normalized spacial score (nSPS) is 26.8. The van der Waals surface area contributed by atoms with Crippen molar-refractivity contribution in [1.82, 2.24) is 10.2 Å². The molecule has 1 N–H and O–H groups in total. The summed E-state index contributed by atoms with van der Waals surface area (Å²) in [6, 6.07) is 8.37. The molecule has 3 fully saturated rings. The van der Waals surface area contributed by atoms with Crippen molar-refractivity contribution in [2.75, 3.05) is 64.5 Å². The maximum atomic E-state index is 5.68. The van der Waals surface area contributed by atoms with Gasteiger partial charge in [-0.25, -0.2) is 0 Å². The number of rotatable bonds is 5. The second-order valence-electron chi connectivity index (χ2n) is 8.47. The molecule has 1 aromatic carbocycles. The second kappa shape index (κ2) is 10.2. The molecule has 0 aliphatic carbocycles. The molecule has 29 heavy (non-hydrogen) atoms. The van der Waals surface area contributed by atoms with E-state index in [1.807, 2.05) is 6.07 Å². The molecule has 162 valence electrons. The predicted molar refractivity (Wildman–Crippen MR) is 129 cm³/mol. The van der Waals surface area contributed by atoms with E-state index in [1.165, 1.54) is 24.9 Å². The zero-order valence-corrected chi connectivity index (χ0v) is 20.1. The number of hydrogen-bond donors (Lipinski definition) is 1. The Labute approximate surface area is 192 Å². The summed E-state index contributed by atoms with van der Waals surface area (Å²) in [4.78, 5) is 9.94. The van der Waals surface area contributed by atoms with Crippen molar-refractivity contribution in [2.45, 2.75) is 26.2 Å². The number of guanidine groups is 1. The van der Waals surface area contributed by atoms with E-state index in [0.717, 1.165) is 64.2 Å². The summed E-state index contributed by atoms with van der Waals surface area (Å²) in [6.07, 6.45) is 3.61. The van der Waals surface area contributed by atoms with Crippen molar-refractivity contribution >= 4 is 35.6 Å². The standard InChI is InChI=1S/C22H34N4O2.HI/c1-3-23-21(26-11-8-22(16-26)9-12-28-17-22)24-14-18-7-10-25(15-18)19-5-4-6-20(13-19)27-2;/h4-6,13,18H,3,7-12,14-17H2,1-2H3,(H,23,24);1H. The Morgan fingerprint density at radius 1 is 1.34 bits per heavy atom. The number of anilines is 1. The lowest BCUT2D eigenvalue weighted by Gasteiger charge is -2.25. The Bertz CT molecular complexity index is 693. The first-order chi connectivity index (χ1) is 13.7. The molecule has 3 aliphatic rings. The second-order valence-corrected chi connectivity index (χ2v) is 8.47. The van der Waals surface area contributed by atoms with Gasteiger partial charge in [-0.15, -0.1) is 24.0 Å². The quantitative estimate of drug-likeness (QED) is 0.372. The molecule has 1 spiro atoms. The Balaban J connectivity index is 0.00000240. The lowest BCUT2D eigenvalue weighted by Crippen LogP contribution is -2.41. The molecule has 0 aromatic heterocycles. The molecule has 1 aromatic rings. The lowest BCUT2D eigenvalue weighted by molar-refractivity contribution is 0.156. The van der Waals surface area contributed by atoms with Crippen molar-refractivity contribution in [1.29, 1.82) is 0 Å². The Hall–Kier alpha value is -1.22. The van der Waals surface area contributed by atoms with Crippen LogP contribution in [0.4, 0.5) is 5.69 Å². The fraction of sp³-hybridized carbons (Fsp3) is 0.682. The van der Waals surface area contributed by atoms with E-state index in [2.05, 4.69) is 40.2 Å². The molecule has 0 amide bonds. The Morgan fingerprint density at radius 3 is 3.00 bits per heavy atom. The highest BCUT2D eigenvalue weighted by Gasteiger charge is 2.42. The molecule has 6 nitrogen and oxygen atoms in total. The zero-order chi connectivity index (χ0) is 19.4. The predicted octanol–water partition coefficient (Wildman–Crippen LogP) is 3.22. The van der Waals surface area contributed by atoms with Gasteiger partial charge in [-0.3, -0.25) is 4.99 Å². The first-order valence-corrected chi connectivity index (χ1v) is 10.7. The average molecular weight is 514 g/mol. The minimum Gasteiger partial charge on any atom is -0.497 e. The highest BCUT2D eigenvalue weighted by Crippen LogP contribution is 2.38. The molecule has 2 atom stereocenters. The number of nitrogens with zero attached hydrogens (tertiary/aromatic N) is 3. The van der Waals surface area contributed by atoms with Crippen LogP contribution in [0.3, 0.4) is 0 Å². The fourth-order valence-electron chi connectivity index (χ4n) is 4.75. The van der Waals surface area contributed by atoms with Crippen molar-refractivity contribution in [2.24, 2.45) is 16.3 Å². The monoisotopic (exact) mass is 514 g/mol. The largest absolute Gasteiger partial charge is 0.497 e. The SMILES string of the molecule is CCNC(=NCC1CCN(c2cccc(OC)c2)C1)N1CCC2(CCOC2)C1.I. The van der Waals surface area contributed by atoms with E-state index in [-0.39, 0.29) is 24.0 Å². The van der Waals surface area contributed by atoms with Gasteiger partial charge in [0, 0.05) is 63.0 Å². The first kappa shape index (κ1) is 22.5. The van der Waals surface area contributed by atoms with Crippen molar-refractivity contribution < 1.29 is 9.47 Å². The summed E-state index contributed by atoms with van der Waals surface area (Å²) in [5.74, 6) is 2.62. The smallest absolute Gasteiger partial charge is 0.193 e. The Kier molecular flexibility index (Phi) is 7.90. The average Bonchev–Trinajstić information content (AvgIpc) is 3.48. The number of likely N-dealkylation sites (tertiary alicyclic amines) is 1.